The van der Waals surface area contributed by atoms with Gasteiger partial charge in [0.1, 0.15) is 5.75 Å². The fourth-order valence-corrected chi connectivity index (χ4v) is 1.73. The number of allylic oxidation sites excluding steroid dienone is 1. The lowest BCUT2D eigenvalue weighted by atomic mass is 10.4. The lowest BCUT2D eigenvalue weighted by Gasteiger charge is -2.11. The van der Waals surface area contributed by atoms with Gasteiger partial charge in [0.05, 0.1) is 0 Å². The number of alkyl halides is 2. The molecule has 0 radical (unpaired) electrons. The summed E-state index contributed by atoms with van der Waals surface area (Å²) in [5.74, 6) is -4.69. The summed E-state index contributed by atoms with van der Waals surface area (Å²) in [6.45, 7) is 2.85. The second kappa shape index (κ2) is 4.64. The SMILES string of the molecule is C=CC(F)(F)CS(=O)(=O)NCCN. The zero-order valence-electron chi connectivity index (χ0n) is 6.96. The highest BCUT2D eigenvalue weighted by Gasteiger charge is 2.31. The predicted molar refractivity (Wildman–Crippen MR) is 46.0 cm³/mol. The second-order valence-electron chi connectivity index (χ2n) is 2.41. The van der Waals surface area contributed by atoms with Crippen LogP contribution in [0.2, 0.25) is 0 Å². The van der Waals surface area contributed by atoms with E-state index < -0.39 is 21.7 Å². The molecule has 0 aliphatic rings. The molecule has 0 fully saturated rings. The highest BCUT2D eigenvalue weighted by Crippen LogP contribution is 2.16. The molecular weight excluding hydrogens is 202 g/mol. The van der Waals surface area contributed by atoms with Crippen LogP contribution in [0.4, 0.5) is 8.78 Å². The molecule has 0 aromatic heterocycles. The Hall–Kier alpha value is -0.530. The number of nitrogens with one attached hydrogen (secondary N) is 1. The van der Waals surface area contributed by atoms with E-state index in [2.05, 4.69) is 6.58 Å². The molecule has 13 heavy (non-hydrogen) atoms. The first-order valence-electron chi connectivity index (χ1n) is 3.52. The van der Waals surface area contributed by atoms with Gasteiger partial charge in [-0.1, -0.05) is 6.58 Å². The zero-order chi connectivity index (χ0) is 10.5. The Morgan fingerprint density at radius 3 is 2.46 bits per heavy atom. The molecule has 0 saturated carbocycles. The summed E-state index contributed by atoms with van der Waals surface area (Å²) >= 11 is 0. The summed E-state index contributed by atoms with van der Waals surface area (Å²) in [7, 11) is -3.96. The van der Waals surface area contributed by atoms with Crippen molar-refractivity contribution in [1.29, 1.82) is 0 Å². The molecule has 0 aromatic rings. The Balaban J connectivity index is 4.26. The van der Waals surface area contributed by atoms with Crippen molar-refractivity contribution in [2.75, 3.05) is 18.8 Å². The van der Waals surface area contributed by atoms with Crippen LogP contribution in [0.1, 0.15) is 0 Å². The van der Waals surface area contributed by atoms with E-state index in [1.807, 2.05) is 4.72 Å². The summed E-state index contributed by atoms with van der Waals surface area (Å²) < 4.78 is 48.7. The fourth-order valence-electron chi connectivity index (χ4n) is 0.578. The number of hydrogen-bond acceptors (Lipinski definition) is 3. The van der Waals surface area contributed by atoms with Crippen LogP contribution < -0.4 is 10.5 Å². The molecule has 0 amide bonds. The first-order valence-corrected chi connectivity index (χ1v) is 5.17. The first-order chi connectivity index (χ1) is 5.83. The van der Waals surface area contributed by atoms with Crippen LogP contribution >= 0.6 is 0 Å². The van der Waals surface area contributed by atoms with E-state index in [0.29, 0.717) is 6.08 Å². The molecule has 0 bridgehead atoms. The van der Waals surface area contributed by atoms with Crippen molar-refractivity contribution < 1.29 is 17.2 Å². The predicted octanol–water partition coefficient (Wildman–Crippen LogP) is -0.314. The minimum absolute atomic E-state index is 0.0461. The summed E-state index contributed by atoms with van der Waals surface area (Å²) in [6.07, 6.45) is 0.300. The third-order valence-corrected chi connectivity index (χ3v) is 2.56. The largest absolute Gasteiger partial charge is 0.329 e. The molecule has 3 N–H and O–H groups in total. The Bertz CT molecular complexity index is 264. The van der Waals surface area contributed by atoms with E-state index in [4.69, 9.17) is 5.73 Å². The van der Waals surface area contributed by atoms with Gasteiger partial charge >= 0.3 is 0 Å². The van der Waals surface area contributed by atoms with E-state index in [0.717, 1.165) is 0 Å². The van der Waals surface area contributed by atoms with Crippen molar-refractivity contribution in [3.63, 3.8) is 0 Å². The fraction of sp³-hybridized carbons (Fsp3) is 0.667. The quantitative estimate of drug-likeness (QED) is 0.595. The van der Waals surface area contributed by atoms with Crippen LogP contribution in [0, 0.1) is 0 Å². The minimum atomic E-state index is -3.96. The van der Waals surface area contributed by atoms with Gasteiger partial charge in [0.15, 0.2) is 0 Å². The molecule has 0 rings (SSSR count). The van der Waals surface area contributed by atoms with E-state index >= 15 is 0 Å². The summed E-state index contributed by atoms with van der Waals surface area (Å²) in [5.41, 5.74) is 5.00. The van der Waals surface area contributed by atoms with E-state index in [1.165, 1.54) is 0 Å². The molecule has 0 spiro atoms. The molecule has 0 aliphatic heterocycles. The average molecular weight is 214 g/mol. The van der Waals surface area contributed by atoms with Crippen molar-refractivity contribution in [1.82, 2.24) is 4.72 Å². The third-order valence-electron chi connectivity index (χ3n) is 1.15. The lowest BCUT2D eigenvalue weighted by Crippen LogP contribution is -2.37. The van der Waals surface area contributed by atoms with Gasteiger partial charge in [0.2, 0.25) is 10.0 Å². The number of nitrogens with two attached hydrogens (primary N) is 1. The number of rotatable bonds is 6. The Kier molecular flexibility index (Phi) is 4.45. The molecule has 78 valence electrons. The highest BCUT2D eigenvalue weighted by molar-refractivity contribution is 7.89. The standard InChI is InChI=1S/C6H12F2N2O2S/c1-2-6(7,8)5-13(11,12)10-4-3-9/h2,10H,1,3-5,9H2. The minimum Gasteiger partial charge on any atom is -0.329 e. The first kappa shape index (κ1) is 12.5. The van der Waals surface area contributed by atoms with Gasteiger partial charge in [-0.2, -0.15) is 0 Å². The maximum absolute atomic E-state index is 12.5. The molecular formula is C6H12F2N2O2S. The molecule has 4 nitrogen and oxygen atoms in total. The molecule has 0 atom stereocenters. The molecule has 0 heterocycles. The Morgan fingerprint density at radius 2 is 2.08 bits per heavy atom. The van der Waals surface area contributed by atoms with Crippen LogP contribution in [-0.4, -0.2) is 33.2 Å². The maximum Gasteiger partial charge on any atom is 0.281 e. The molecule has 0 aliphatic carbocycles. The van der Waals surface area contributed by atoms with Gasteiger partial charge in [-0.25, -0.2) is 21.9 Å². The summed E-state index contributed by atoms with van der Waals surface area (Å²) in [4.78, 5) is 0. The van der Waals surface area contributed by atoms with Crippen LogP contribution in [0.3, 0.4) is 0 Å². The monoisotopic (exact) mass is 214 g/mol. The van der Waals surface area contributed by atoms with Crippen LogP contribution in [0.25, 0.3) is 0 Å². The highest BCUT2D eigenvalue weighted by atomic mass is 32.2. The van der Waals surface area contributed by atoms with E-state index in [9.17, 15) is 17.2 Å². The van der Waals surface area contributed by atoms with Crippen molar-refractivity contribution in [2.45, 2.75) is 5.92 Å². The van der Waals surface area contributed by atoms with Gasteiger partial charge < -0.3 is 5.73 Å². The smallest absolute Gasteiger partial charge is 0.281 e. The van der Waals surface area contributed by atoms with Crippen molar-refractivity contribution >= 4 is 10.0 Å². The summed E-state index contributed by atoms with van der Waals surface area (Å²) in [6, 6.07) is 0. The van der Waals surface area contributed by atoms with Crippen LogP contribution in [0.5, 0.6) is 0 Å². The van der Waals surface area contributed by atoms with Gasteiger partial charge in [0, 0.05) is 13.1 Å². The molecule has 0 unspecified atom stereocenters. The molecule has 0 saturated heterocycles. The number of halogens is 2. The third kappa shape index (κ3) is 5.67. The van der Waals surface area contributed by atoms with Gasteiger partial charge in [-0.15, -0.1) is 0 Å². The lowest BCUT2D eigenvalue weighted by molar-refractivity contribution is 0.0811. The van der Waals surface area contributed by atoms with E-state index in [1.54, 1.807) is 0 Å². The Labute approximate surface area is 75.9 Å². The number of sulfonamides is 1. The average Bonchev–Trinajstić information content (AvgIpc) is 1.99. The Morgan fingerprint density at radius 1 is 1.54 bits per heavy atom. The van der Waals surface area contributed by atoms with Crippen molar-refractivity contribution in [3.8, 4) is 0 Å². The molecule has 0 aromatic carbocycles. The molecule has 7 heteroatoms. The van der Waals surface area contributed by atoms with Crippen LogP contribution in [0.15, 0.2) is 12.7 Å². The van der Waals surface area contributed by atoms with Crippen molar-refractivity contribution in [2.24, 2.45) is 5.73 Å². The zero-order valence-corrected chi connectivity index (χ0v) is 7.78. The topological polar surface area (TPSA) is 72.2 Å². The van der Waals surface area contributed by atoms with Gasteiger partial charge in [-0.3, -0.25) is 0 Å². The summed E-state index contributed by atoms with van der Waals surface area (Å²) in [5, 5.41) is 0. The van der Waals surface area contributed by atoms with E-state index in [-0.39, 0.29) is 13.1 Å². The van der Waals surface area contributed by atoms with Crippen molar-refractivity contribution in [3.05, 3.63) is 12.7 Å². The maximum atomic E-state index is 12.5. The normalized spacial score (nSPS) is 12.8. The second-order valence-corrected chi connectivity index (χ2v) is 4.21. The van der Waals surface area contributed by atoms with Gasteiger partial charge in [-0.05, 0) is 6.08 Å². The van der Waals surface area contributed by atoms with Gasteiger partial charge in [0.25, 0.3) is 5.92 Å². The van der Waals surface area contributed by atoms with Crippen LogP contribution in [-0.2, 0) is 10.0 Å². The number of hydrogen-bond donors (Lipinski definition) is 2.